The van der Waals surface area contributed by atoms with Crippen molar-refractivity contribution in [1.29, 1.82) is 0 Å². The highest BCUT2D eigenvalue weighted by Crippen LogP contribution is 2.24. The molecule has 0 saturated heterocycles. The van der Waals surface area contributed by atoms with Crippen LogP contribution >= 0.6 is 11.3 Å². The lowest BCUT2D eigenvalue weighted by molar-refractivity contribution is -0.120. The van der Waals surface area contributed by atoms with Gasteiger partial charge in [-0.15, -0.1) is 11.3 Å². The Bertz CT molecular complexity index is 346. The fraction of sp³-hybridized carbons (Fsp3) is 0.615. The number of nitrogens with two attached hydrogens (primary N) is 1. The Morgan fingerprint density at radius 3 is 2.71 bits per heavy atom. The van der Waals surface area contributed by atoms with Crippen molar-refractivity contribution in [3.63, 3.8) is 0 Å². The first-order valence-corrected chi connectivity index (χ1v) is 6.89. The molecule has 0 radical (unpaired) electrons. The van der Waals surface area contributed by atoms with E-state index in [-0.39, 0.29) is 11.4 Å². The molecule has 3 nitrogen and oxygen atoms in total. The molecule has 1 aromatic rings. The van der Waals surface area contributed by atoms with E-state index in [0.717, 1.165) is 19.4 Å². The predicted octanol–water partition coefficient (Wildman–Crippen LogP) is 2.61. The summed E-state index contributed by atoms with van der Waals surface area (Å²) in [7, 11) is 0. The van der Waals surface area contributed by atoms with Gasteiger partial charge >= 0.3 is 0 Å². The van der Waals surface area contributed by atoms with Crippen molar-refractivity contribution < 1.29 is 4.79 Å². The maximum absolute atomic E-state index is 11.2. The Morgan fingerprint density at radius 2 is 2.24 bits per heavy atom. The molecule has 1 aromatic heterocycles. The predicted molar refractivity (Wildman–Crippen MR) is 72.9 cm³/mol. The number of thiophene rings is 1. The standard InChI is InChI=1S/C13H22N2OS/c1-4-7-13(2,3)15(10-12(14)16)9-11-6-5-8-17-11/h5-6,8H,4,7,9-10H2,1-3H3,(H2,14,16). The zero-order valence-corrected chi connectivity index (χ0v) is 11.7. The van der Waals surface area contributed by atoms with Gasteiger partial charge in [0.25, 0.3) is 0 Å². The summed E-state index contributed by atoms with van der Waals surface area (Å²) in [6.07, 6.45) is 2.17. The highest BCUT2D eigenvalue weighted by atomic mass is 32.1. The van der Waals surface area contributed by atoms with Gasteiger partial charge in [-0.2, -0.15) is 0 Å². The lowest BCUT2D eigenvalue weighted by Gasteiger charge is -2.37. The van der Waals surface area contributed by atoms with Crippen LogP contribution in [-0.4, -0.2) is 22.9 Å². The molecule has 1 amide bonds. The van der Waals surface area contributed by atoms with E-state index >= 15 is 0 Å². The summed E-state index contributed by atoms with van der Waals surface area (Å²) in [5, 5.41) is 2.06. The Morgan fingerprint density at radius 1 is 1.53 bits per heavy atom. The molecule has 96 valence electrons. The molecule has 4 heteroatoms. The molecule has 0 unspecified atom stereocenters. The monoisotopic (exact) mass is 254 g/mol. The molecule has 0 bridgehead atoms. The van der Waals surface area contributed by atoms with Crippen LogP contribution in [0.2, 0.25) is 0 Å². The quantitative estimate of drug-likeness (QED) is 0.813. The van der Waals surface area contributed by atoms with Crippen LogP contribution in [0.3, 0.4) is 0 Å². The van der Waals surface area contributed by atoms with Crippen molar-refractivity contribution in [3.05, 3.63) is 22.4 Å². The molecule has 1 rings (SSSR count). The third-order valence-electron chi connectivity index (χ3n) is 2.99. The van der Waals surface area contributed by atoms with Gasteiger partial charge in [0.2, 0.25) is 5.91 Å². The molecule has 0 aliphatic rings. The normalized spacial score (nSPS) is 12.0. The second kappa shape index (κ2) is 6.17. The van der Waals surface area contributed by atoms with Gasteiger partial charge in [0, 0.05) is 17.0 Å². The van der Waals surface area contributed by atoms with E-state index in [1.807, 2.05) is 6.07 Å². The average Bonchev–Trinajstić information content (AvgIpc) is 2.68. The van der Waals surface area contributed by atoms with Crippen LogP contribution in [-0.2, 0) is 11.3 Å². The average molecular weight is 254 g/mol. The maximum atomic E-state index is 11.2. The summed E-state index contributed by atoms with van der Waals surface area (Å²) in [6, 6.07) is 4.13. The van der Waals surface area contributed by atoms with Crippen molar-refractivity contribution in [2.45, 2.75) is 45.7 Å². The van der Waals surface area contributed by atoms with E-state index in [9.17, 15) is 4.79 Å². The smallest absolute Gasteiger partial charge is 0.231 e. The van der Waals surface area contributed by atoms with Crippen LogP contribution < -0.4 is 5.73 Å². The van der Waals surface area contributed by atoms with Gasteiger partial charge in [-0.1, -0.05) is 19.4 Å². The summed E-state index contributed by atoms with van der Waals surface area (Å²) in [5.74, 6) is -0.259. The lowest BCUT2D eigenvalue weighted by Crippen LogP contribution is -2.47. The Hall–Kier alpha value is -0.870. The van der Waals surface area contributed by atoms with Gasteiger partial charge in [0.1, 0.15) is 0 Å². The molecule has 0 aliphatic carbocycles. The van der Waals surface area contributed by atoms with Crippen LogP contribution in [0.25, 0.3) is 0 Å². The fourth-order valence-corrected chi connectivity index (χ4v) is 2.75. The van der Waals surface area contributed by atoms with Crippen molar-refractivity contribution in [2.24, 2.45) is 5.73 Å². The lowest BCUT2D eigenvalue weighted by atomic mass is 9.96. The largest absolute Gasteiger partial charge is 0.369 e. The topological polar surface area (TPSA) is 46.3 Å². The van der Waals surface area contributed by atoms with Gasteiger partial charge < -0.3 is 5.73 Å². The molecule has 0 spiro atoms. The minimum atomic E-state index is -0.259. The number of carbonyl (C=O) groups excluding carboxylic acids is 1. The number of hydrogen-bond donors (Lipinski definition) is 1. The molecule has 0 saturated carbocycles. The SMILES string of the molecule is CCCC(C)(C)N(CC(N)=O)Cc1cccs1. The highest BCUT2D eigenvalue weighted by molar-refractivity contribution is 7.09. The summed E-state index contributed by atoms with van der Waals surface area (Å²) in [5.41, 5.74) is 5.35. The molecular weight excluding hydrogens is 232 g/mol. The zero-order valence-electron chi connectivity index (χ0n) is 10.9. The third kappa shape index (κ3) is 4.48. The molecule has 0 atom stereocenters. The zero-order chi connectivity index (χ0) is 12.9. The molecule has 2 N–H and O–H groups in total. The first kappa shape index (κ1) is 14.2. The van der Waals surface area contributed by atoms with Crippen LogP contribution in [0, 0.1) is 0 Å². The van der Waals surface area contributed by atoms with E-state index < -0.39 is 0 Å². The van der Waals surface area contributed by atoms with E-state index in [0.29, 0.717) is 6.54 Å². The summed E-state index contributed by atoms with van der Waals surface area (Å²) < 4.78 is 0. The second-order valence-corrected chi connectivity index (χ2v) is 6.00. The first-order valence-electron chi connectivity index (χ1n) is 6.01. The molecule has 17 heavy (non-hydrogen) atoms. The highest BCUT2D eigenvalue weighted by Gasteiger charge is 2.27. The first-order chi connectivity index (χ1) is 7.95. The van der Waals surface area contributed by atoms with Crippen LogP contribution in [0.4, 0.5) is 0 Å². The molecule has 1 heterocycles. The number of rotatable bonds is 7. The van der Waals surface area contributed by atoms with Gasteiger partial charge in [-0.3, -0.25) is 9.69 Å². The summed E-state index contributed by atoms with van der Waals surface area (Å²) in [4.78, 5) is 14.6. The minimum Gasteiger partial charge on any atom is -0.369 e. The number of primary amides is 1. The van der Waals surface area contributed by atoms with Crippen LogP contribution in [0.5, 0.6) is 0 Å². The summed E-state index contributed by atoms with van der Waals surface area (Å²) in [6.45, 7) is 7.63. The van der Waals surface area contributed by atoms with Gasteiger partial charge in [-0.05, 0) is 31.7 Å². The Kier molecular flexibility index (Phi) is 5.15. The minimum absolute atomic E-state index is 0.00771. The van der Waals surface area contributed by atoms with Crippen molar-refractivity contribution >= 4 is 17.2 Å². The van der Waals surface area contributed by atoms with Gasteiger partial charge in [0.05, 0.1) is 6.54 Å². The molecule has 0 aliphatic heterocycles. The molecule has 0 fully saturated rings. The Labute approximate surface area is 108 Å². The van der Waals surface area contributed by atoms with E-state index in [4.69, 9.17) is 5.73 Å². The maximum Gasteiger partial charge on any atom is 0.231 e. The molecule has 0 aromatic carbocycles. The fourth-order valence-electron chi connectivity index (χ4n) is 2.03. The number of hydrogen-bond acceptors (Lipinski definition) is 3. The van der Waals surface area contributed by atoms with Crippen molar-refractivity contribution in [2.75, 3.05) is 6.54 Å². The molecular formula is C13H22N2OS. The number of amides is 1. The second-order valence-electron chi connectivity index (χ2n) is 4.96. The van der Waals surface area contributed by atoms with E-state index in [1.165, 1.54) is 4.88 Å². The van der Waals surface area contributed by atoms with E-state index in [2.05, 4.69) is 37.1 Å². The number of nitrogens with zero attached hydrogens (tertiary/aromatic N) is 1. The Balaban J connectivity index is 2.76. The van der Waals surface area contributed by atoms with E-state index in [1.54, 1.807) is 11.3 Å². The third-order valence-corrected chi connectivity index (χ3v) is 3.85. The van der Waals surface area contributed by atoms with Crippen molar-refractivity contribution in [3.8, 4) is 0 Å². The summed E-state index contributed by atoms with van der Waals surface area (Å²) >= 11 is 1.72. The number of carbonyl (C=O) groups is 1. The van der Waals surface area contributed by atoms with Crippen LogP contribution in [0.15, 0.2) is 17.5 Å². The van der Waals surface area contributed by atoms with Gasteiger partial charge in [-0.25, -0.2) is 0 Å². The van der Waals surface area contributed by atoms with Crippen molar-refractivity contribution in [1.82, 2.24) is 4.90 Å². The van der Waals surface area contributed by atoms with Crippen LogP contribution in [0.1, 0.15) is 38.5 Å². The van der Waals surface area contributed by atoms with Gasteiger partial charge in [0.15, 0.2) is 0 Å².